The lowest BCUT2D eigenvalue weighted by Crippen LogP contribution is -2.54. The molecule has 8 rings (SSSR count). The lowest BCUT2D eigenvalue weighted by atomic mass is 9.50. The molecule has 53 heavy (non-hydrogen) atoms. The van der Waals surface area contributed by atoms with Crippen LogP contribution in [0.5, 0.6) is 17.2 Å². The van der Waals surface area contributed by atoms with Gasteiger partial charge < -0.3 is 14.6 Å². The molecule has 268 valence electrons. The van der Waals surface area contributed by atoms with E-state index in [1.165, 1.54) is 24.0 Å². The third-order valence-corrected chi connectivity index (χ3v) is 11.7. The van der Waals surface area contributed by atoms with Crippen LogP contribution in [0.2, 0.25) is 5.02 Å². The minimum atomic E-state index is -1.40. The average molecular weight is 729 g/mol. The number of benzene rings is 4. The smallest absolute Gasteiger partial charge is 0.246 e. The quantitative estimate of drug-likeness (QED) is 0.154. The largest absolute Gasteiger partial charge is 0.502 e. The zero-order valence-corrected chi connectivity index (χ0v) is 29.9. The summed E-state index contributed by atoms with van der Waals surface area (Å²) in [6.07, 6.45) is 6.30. The van der Waals surface area contributed by atoms with Gasteiger partial charge in [-0.2, -0.15) is 0 Å². The third-order valence-electron chi connectivity index (χ3n) is 11.5. The number of carbonyl (C=O) groups is 4. The monoisotopic (exact) mass is 728 g/mol. The van der Waals surface area contributed by atoms with Crippen molar-refractivity contribution >= 4 is 47.0 Å². The zero-order valence-electron chi connectivity index (χ0n) is 29.1. The predicted molar refractivity (Wildman–Crippen MR) is 199 cm³/mol. The molecule has 0 aromatic heterocycles. The van der Waals surface area contributed by atoms with Crippen LogP contribution in [0.25, 0.3) is 6.08 Å². The number of amides is 4. The molecule has 4 aromatic carbocycles. The van der Waals surface area contributed by atoms with Crippen molar-refractivity contribution in [3.63, 3.8) is 0 Å². The summed E-state index contributed by atoms with van der Waals surface area (Å²) in [7, 11) is 2.89. The highest BCUT2D eigenvalue weighted by Gasteiger charge is 2.69. The molecule has 2 saturated heterocycles. The molecule has 2 aliphatic carbocycles. The molecule has 1 N–H and O–H groups in total. The maximum Gasteiger partial charge on any atom is 0.246 e. The number of phenols is 1. The van der Waals surface area contributed by atoms with E-state index in [1.807, 2.05) is 78.9 Å². The van der Waals surface area contributed by atoms with Crippen molar-refractivity contribution in [1.29, 1.82) is 0 Å². The SMILES string of the molecule is COc1cc(C=C[C@H]2C3=CC[C@@H]4C(=O)N(Cc5ccccc5)C(=O)[C@@H]4[C@@H]3C[C@H]3C(=O)N(c4cccc(Cl)c4)C(=O)[C@@]23c2ccccc2)cc(OC)c1O. The number of aromatic hydroxyl groups is 1. The number of fused-ring (bicyclic) bond motifs is 4. The van der Waals surface area contributed by atoms with Crippen LogP contribution in [0.3, 0.4) is 0 Å². The van der Waals surface area contributed by atoms with Crippen molar-refractivity contribution in [2.45, 2.75) is 24.8 Å². The molecular weight excluding hydrogens is 692 g/mol. The number of halogens is 1. The normalized spacial score (nSPS) is 26.4. The number of anilines is 1. The number of phenolic OH excluding ortho intramolecular Hbond substituents is 1. The van der Waals surface area contributed by atoms with E-state index in [9.17, 15) is 19.5 Å². The molecule has 9 nitrogen and oxygen atoms in total. The third kappa shape index (κ3) is 5.36. The van der Waals surface area contributed by atoms with Gasteiger partial charge in [-0.15, -0.1) is 0 Å². The fraction of sp³-hybridized carbons (Fsp3) is 0.256. The van der Waals surface area contributed by atoms with Crippen molar-refractivity contribution < 1.29 is 33.8 Å². The van der Waals surface area contributed by atoms with Crippen LogP contribution < -0.4 is 14.4 Å². The van der Waals surface area contributed by atoms with Crippen LogP contribution in [0.1, 0.15) is 29.5 Å². The summed E-state index contributed by atoms with van der Waals surface area (Å²) >= 11 is 6.41. The number of methoxy groups -OCH3 is 2. The molecule has 0 unspecified atom stereocenters. The Kier molecular flexibility index (Phi) is 8.69. The van der Waals surface area contributed by atoms with Gasteiger partial charge in [0.25, 0.3) is 0 Å². The highest BCUT2D eigenvalue weighted by atomic mass is 35.5. The molecule has 2 heterocycles. The molecule has 2 aliphatic heterocycles. The predicted octanol–water partition coefficient (Wildman–Crippen LogP) is 6.97. The minimum absolute atomic E-state index is 0.148. The van der Waals surface area contributed by atoms with E-state index in [0.29, 0.717) is 28.3 Å². The zero-order chi connectivity index (χ0) is 37.0. The van der Waals surface area contributed by atoms with E-state index in [2.05, 4.69) is 0 Å². The van der Waals surface area contributed by atoms with Crippen LogP contribution >= 0.6 is 11.6 Å². The summed E-state index contributed by atoms with van der Waals surface area (Å²) in [5.41, 5.74) is 1.96. The second-order valence-electron chi connectivity index (χ2n) is 14.0. The lowest BCUT2D eigenvalue weighted by Gasteiger charge is -2.49. The molecule has 3 fully saturated rings. The van der Waals surface area contributed by atoms with Gasteiger partial charge in [-0.25, -0.2) is 4.90 Å². The second-order valence-corrected chi connectivity index (χ2v) is 14.5. The van der Waals surface area contributed by atoms with Gasteiger partial charge >= 0.3 is 0 Å². The Morgan fingerprint density at radius 2 is 1.51 bits per heavy atom. The highest BCUT2D eigenvalue weighted by molar-refractivity contribution is 6.32. The Hall–Kier alpha value is -5.67. The number of rotatable bonds is 8. The average Bonchev–Trinajstić information content (AvgIpc) is 3.55. The van der Waals surface area contributed by atoms with Gasteiger partial charge in [0, 0.05) is 10.9 Å². The summed E-state index contributed by atoms with van der Waals surface area (Å²) in [5, 5.41) is 11.0. The van der Waals surface area contributed by atoms with Gasteiger partial charge in [0.15, 0.2) is 11.5 Å². The van der Waals surface area contributed by atoms with Crippen molar-refractivity contribution in [2.24, 2.45) is 29.6 Å². The number of hydrogen-bond donors (Lipinski definition) is 1. The van der Waals surface area contributed by atoms with Crippen molar-refractivity contribution in [3.8, 4) is 17.2 Å². The number of imide groups is 2. The fourth-order valence-corrected chi connectivity index (χ4v) is 9.38. The first-order valence-corrected chi connectivity index (χ1v) is 18.0. The van der Waals surface area contributed by atoms with E-state index in [4.69, 9.17) is 21.1 Å². The van der Waals surface area contributed by atoms with Gasteiger partial charge in [0.05, 0.1) is 49.6 Å². The lowest BCUT2D eigenvalue weighted by molar-refractivity contribution is -0.141. The van der Waals surface area contributed by atoms with Crippen molar-refractivity contribution in [3.05, 3.63) is 137 Å². The molecule has 0 bridgehead atoms. The first kappa shape index (κ1) is 34.4. The summed E-state index contributed by atoms with van der Waals surface area (Å²) in [6.45, 7) is 0.165. The maximum absolute atomic E-state index is 15.3. The Morgan fingerprint density at radius 3 is 2.17 bits per heavy atom. The van der Waals surface area contributed by atoms with Gasteiger partial charge in [-0.1, -0.05) is 102 Å². The minimum Gasteiger partial charge on any atom is -0.502 e. The first-order valence-electron chi connectivity index (χ1n) is 17.6. The highest BCUT2D eigenvalue weighted by Crippen LogP contribution is 2.62. The molecular formula is C43H37ClN2O7. The second kappa shape index (κ2) is 13.4. The number of ether oxygens (including phenoxy) is 2. The summed E-state index contributed by atoms with van der Waals surface area (Å²) < 4.78 is 10.8. The molecule has 0 radical (unpaired) electrons. The Labute approximate surface area is 312 Å². The van der Waals surface area contributed by atoms with E-state index in [0.717, 1.165) is 11.1 Å². The van der Waals surface area contributed by atoms with Gasteiger partial charge in [0.1, 0.15) is 0 Å². The van der Waals surface area contributed by atoms with E-state index in [-0.39, 0.29) is 47.9 Å². The maximum atomic E-state index is 15.3. The molecule has 0 spiro atoms. The Balaban J connectivity index is 1.31. The van der Waals surface area contributed by atoms with Crippen LogP contribution in [-0.4, -0.2) is 47.9 Å². The standard InChI is InChI=1S/C43H37ClN2O7/c1-52-35-20-26(21-36(53-2)38(35)47)16-19-33-30-17-18-31-37(41(50)45(39(31)48)24-25-10-5-3-6-11-25)32(30)23-34-40(49)46(29-15-9-14-28(44)22-29)42(51)43(33,34)27-12-7-4-8-13-27/h3-17,19-22,31-34,37,47H,18,23-24H2,1-2H3/t31-,32+,33-,34-,37-,43-/m0/s1. The van der Waals surface area contributed by atoms with Crippen molar-refractivity contribution in [1.82, 2.24) is 4.90 Å². The number of likely N-dealkylation sites (tertiary alicyclic amines) is 1. The first-order chi connectivity index (χ1) is 25.7. The summed E-state index contributed by atoms with van der Waals surface area (Å²) in [6, 6.07) is 28.8. The summed E-state index contributed by atoms with van der Waals surface area (Å²) in [5.74, 6) is -4.31. The van der Waals surface area contributed by atoms with Crippen LogP contribution in [0, 0.1) is 29.6 Å². The topological polar surface area (TPSA) is 113 Å². The van der Waals surface area contributed by atoms with Gasteiger partial charge in [-0.05, 0) is 65.8 Å². The van der Waals surface area contributed by atoms with Crippen LogP contribution in [-0.2, 0) is 31.1 Å². The number of allylic oxidation sites excluding steroid dienone is 3. The molecule has 4 amide bonds. The van der Waals surface area contributed by atoms with Crippen molar-refractivity contribution in [2.75, 3.05) is 19.1 Å². The summed E-state index contributed by atoms with van der Waals surface area (Å²) in [4.78, 5) is 61.2. The fourth-order valence-electron chi connectivity index (χ4n) is 9.19. The van der Waals surface area contributed by atoms with E-state index >= 15 is 4.79 Å². The van der Waals surface area contributed by atoms with Gasteiger partial charge in [0.2, 0.25) is 29.4 Å². The molecule has 1 saturated carbocycles. The Bertz CT molecular complexity index is 2180. The molecule has 4 aromatic rings. The van der Waals surface area contributed by atoms with E-state index < -0.39 is 40.9 Å². The van der Waals surface area contributed by atoms with Crippen LogP contribution in [0.15, 0.2) is 115 Å². The molecule has 10 heteroatoms. The molecule has 6 atom stereocenters. The number of carbonyl (C=O) groups excluding carboxylic acids is 4. The number of nitrogens with zero attached hydrogens (tertiary/aromatic N) is 2. The molecule has 4 aliphatic rings. The van der Waals surface area contributed by atoms with Gasteiger partial charge in [-0.3, -0.25) is 24.1 Å². The Morgan fingerprint density at radius 1 is 0.830 bits per heavy atom. The van der Waals surface area contributed by atoms with Crippen LogP contribution in [0.4, 0.5) is 5.69 Å². The van der Waals surface area contributed by atoms with E-state index in [1.54, 1.807) is 36.4 Å². The number of hydrogen-bond acceptors (Lipinski definition) is 7.